The minimum atomic E-state index is -0.298. The van der Waals surface area contributed by atoms with E-state index in [2.05, 4.69) is 4.57 Å². The first-order valence-electron chi connectivity index (χ1n) is 10.3. The van der Waals surface area contributed by atoms with Gasteiger partial charge in [0.2, 0.25) is 0 Å². The van der Waals surface area contributed by atoms with Crippen molar-refractivity contribution in [2.75, 3.05) is 0 Å². The van der Waals surface area contributed by atoms with Gasteiger partial charge in [-0.2, -0.15) is 0 Å². The van der Waals surface area contributed by atoms with Gasteiger partial charge in [0, 0.05) is 39.3 Å². The van der Waals surface area contributed by atoms with E-state index in [4.69, 9.17) is 23.2 Å². The van der Waals surface area contributed by atoms with Gasteiger partial charge in [-0.3, -0.25) is 14.5 Å². The number of thioether (sulfide) groups is 1. The molecule has 0 unspecified atom stereocenters. The highest BCUT2D eigenvalue weighted by atomic mass is 35.5. The summed E-state index contributed by atoms with van der Waals surface area (Å²) in [7, 11) is 0. The summed E-state index contributed by atoms with van der Waals surface area (Å²) in [6, 6.07) is 22.9. The second kappa shape index (κ2) is 9.10. The summed E-state index contributed by atoms with van der Waals surface area (Å²) in [4.78, 5) is 27.3. The molecule has 1 saturated heterocycles. The SMILES string of the molecule is O=C1S/C(=C\c2cn(Cc3ccccc3Cl)c3ccccc23)C(=O)N1Cc1cccc(Cl)c1. The van der Waals surface area contributed by atoms with Crippen molar-refractivity contribution in [2.24, 2.45) is 0 Å². The van der Waals surface area contributed by atoms with Crippen LogP contribution >= 0.6 is 35.0 Å². The van der Waals surface area contributed by atoms with E-state index in [1.54, 1.807) is 24.3 Å². The third-order valence-electron chi connectivity index (χ3n) is 5.51. The fourth-order valence-corrected chi connectivity index (χ4v) is 5.16. The molecule has 4 nitrogen and oxygen atoms in total. The van der Waals surface area contributed by atoms with Gasteiger partial charge in [0.15, 0.2) is 0 Å². The zero-order chi connectivity index (χ0) is 22.9. The number of amides is 2. The maximum atomic E-state index is 13.0. The van der Waals surface area contributed by atoms with Crippen molar-refractivity contribution in [3.8, 4) is 0 Å². The van der Waals surface area contributed by atoms with Crippen LogP contribution in [0.5, 0.6) is 0 Å². The molecular weight excluding hydrogens is 475 g/mol. The average Bonchev–Trinajstić information content (AvgIpc) is 3.28. The molecular formula is C26H18Cl2N2O2S. The predicted molar refractivity (Wildman–Crippen MR) is 135 cm³/mol. The van der Waals surface area contributed by atoms with Gasteiger partial charge in [0.25, 0.3) is 11.1 Å². The highest BCUT2D eigenvalue weighted by Gasteiger charge is 2.35. The van der Waals surface area contributed by atoms with Crippen LogP contribution in [0.1, 0.15) is 16.7 Å². The molecule has 4 aromatic rings. The normalized spacial score (nSPS) is 15.2. The van der Waals surface area contributed by atoms with E-state index >= 15 is 0 Å². The van der Waals surface area contributed by atoms with Gasteiger partial charge in [0.1, 0.15) is 0 Å². The standard InChI is InChI=1S/C26H18Cl2N2O2S/c27-20-8-5-6-17(12-20)14-30-25(31)24(33-26(30)32)13-19-16-29(23-11-4-2-9-21(19)23)15-18-7-1-3-10-22(18)28/h1-13,16H,14-15H2/b24-13-. The summed E-state index contributed by atoms with van der Waals surface area (Å²) in [5, 5.41) is 2.00. The van der Waals surface area contributed by atoms with Crippen molar-refractivity contribution >= 4 is 63.1 Å². The second-order valence-electron chi connectivity index (χ2n) is 7.72. The van der Waals surface area contributed by atoms with Crippen LogP contribution in [0.4, 0.5) is 4.79 Å². The lowest BCUT2D eigenvalue weighted by Crippen LogP contribution is -2.27. The first-order valence-corrected chi connectivity index (χ1v) is 11.9. The van der Waals surface area contributed by atoms with E-state index in [0.29, 0.717) is 21.5 Å². The quantitative estimate of drug-likeness (QED) is 0.276. The Balaban J connectivity index is 1.47. The molecule has 1 fully saturated rings. The summed E-state index contributed by atoms with van der Waals surface area (Å²) in [6.07, 6.45) is 3.80. The zero-order valence-corrected chi connectivity index (χ0v) is 19.7. The molecule has 33 heavy (non-hydrogen) atoms. The van der Waals surface area contributed by atoms with Gasteiger partial charge >= 0.3 is 0 Å². The third-order valence-corrected chi connectivity index (χ3v) is 7.02. The minimum absolute atomic E-state index is 0.191. The molecule has 0 saturated carbocycles. The van der Waals surface area contributed by atoms with E-state index in [1.807, 2.05) is 60.8 Å². The van der Waals surface area contributed by atoms with E-state index in [-0.39, 0.29) is 17.7 Å². The van der Waals surface area contributed by atoms with Gasteiger partial charge in [-0.1, -0.05) is 71.7 Å². The molecule has 0 radical (unpaired) electrons. The molecule has 3 aromatic carbocycles. The Morgan fingerprint density at radius 2 is 1.67 bits per heavy atom. The van der Waals surface area contributed by atoms with Crippen molar-refractivity contribution < 1.29 is 9.59 Å². The van der Waals surface area contributed by atoms with Crippen LogP contribution in [0, 0.1) is 0 Å². The first kappa shape index (κ1) is 21.8. The number of hydrogen-bond acceptors (Lipinski definition) is 3. The van der Waals surface area contributed by atoms with Crippen molar-refractivity contribution in [3.63, 3.8) is 0 Å². The molecule has 2 heterocycles. The van der Waals surface area contributed by atoms with E-state index in [9.17, 15) is 9.59 Å². The van der Waals surface area contributed by atoms with Crippen molar-refractivity contribution in [2.45, 2.75) is 13.1 Å². The molecule has 1 aliphatic heterocycles. The van der Waals surface area contributed by atoms with Crippen LogP contribution < -0.4 is 0 Å². The zero-order valence-electron chi connectivity index (χ0n) is 17.4. The number of carbonyl (C=O) groups is 2. The monoisotopic (exact) mass is 492 g/mol. The van der Waals surface area contributed by atoms with Crippen LogP contribution in [0.2, 0.25) is 10.0 Å². The Morgan fingerprint density at radius 1 is 0.879 bits per heavy atom. The van der Waals surface area contributed by atoms with E-state index in [0.717, 1.165) is 39.4 Å². The maximum Gasteiger partial charge on any atom is 0.293 e. The molecule has 0 bridgehead atoms. The van der Waals surface area contributed by atoms with Gasteiger partial charge in [0.05, 0.1) is 11.4 Å². The van der Waals surface area contributed by atoms with Gasteiger partial charge in [-0.15, -0.1) is 0 Å². The van der Waals surface area contributed by atoms with Gasteiger partial charge in [-0.25, -0.2) is 0 Å². The smallest absolute Gasteiger partial charge is 0.293 e. The number of aromatic nitrogens is 1. The molecule has 0 atom stereocenters. The number of benzene rings is 3. The van der Waals surface area contributed by atoms with Crippen LogP contribution in [-0.2, 0) is 17.9 Å². The topological polar surface area (TPSA) is 42.3 Å². The number of hydrogen-bond donors (Lipinski definition) is 0. The lowest BCUT2D eigenvalue weighted by molar-refractivity contribution is -0.123. The Hall–Kier alpha value is -2.99. The number of carbonyl (C=O) groups excluding carboxylic acids is 2. The third kappa shape index (κ3) is 4.44. The number of para-hydroxylation sites is 1. The van der Waals surface area contributed by atoms with Crippen LogP contribution in [0.25, 0.3) is 17.0 Å². The summed E-state index contributed by atoms with van der Waals surface area (Å²) < 4.78 is 2.11. The Bertz CT molecular complexity index is 1430. The van der Waals surface area contributed by atoms with E-state index < -0.39 is 0 Å². The molecule has 0 N–H and O–H groups in total. The fraction of sp³-hybridized carbons (Fsp3) is 0.0769. The summed E-state index contributed by atoms with van der Waals surface area (Å²) in [5.74, 6) is -0.298. The van der Waals surface area contributed by atoms with E-state index in [1.165, 1.54) is 4.90 Å². The molecule has 5 rings (SSSR count). The lowest BCUT2D eigenvalue weighted by Gasteiger charge is -2.12. The lowest BCUT2D eigenvalue weighted by atomic mass is 10.1. The Morgan fingerprint density at radius 3 is 2.48 bits per heavy atom. The molecule has 0 spiro atoms. The Labute approximate surface area is 205 Å². The number of imide groups is 1. The largest absolute Gasteiger partial charge is 0.342 e. The summed E-state index contributed by atoms with van der Waals surface area (Å²) >= 11 is 13.4. The number of rotatable bonds is 5. The fourth-order valence-electron chi connectivity index (χ4n) is 3.93. The second-order valence-corrected chi connectivity index (χ2v) is 9.56. The van der Waals surface area contributed by atoms with Crippen molar-refractivity contribution in [1.82, 2.24) is 9.47 Å². The minimum Gasteiger partial charge on any atom is -0.342 e. The average molecular weight is 493 g/mol. The summed E-state index contributed by atoms with van der Waals surface area (Å²) in [6.45, 7) is 0.793. The molecule has 1 aliphatic rings. The maximum absolute atomic E-state index is 13.0. The molecule has 2 amide bonds. The Kier molecular flexibility index (Phi) is 6.02. The molecule has 7 heteroatoms. The molecule has 1 aromatic heterocycles. The number of fused-ring (bicyclic) bond motifs is 1. The van der Waals surface area contributed by atoms with Crippen LogP contribution in [0.15, 0.2) is 83.9 Å². The van der Waals surface area contributed by atoms with Crippen molar-refractivity contribution in [3.05, 3.63) is 111 Å². The van der Waals surface area contributed by atoms with Gasteiger partial charge < -0.3 is 4.57 Å². The van der Waals surface area contributed by atoms with Crippen LogP contribution in [-0.4, -0.2) is 20.6 Å². The first-order chi connectivity index (χ1) is 16.0. The highest BCUT2D eigenvalue weighted by molar-refractivity contribution is 8.18. The number of halogens is 2. The highest BCUT2D eigenvalue weighted by Crippen LogP contribution is 2.35. The number of nitrogens with zero attached hydrogens (tertiary/aromatic N) is 2. The van der Waals surface area contributed by atoms with Crippen LogP contribution in [0.3, 0.4) is 0 Å². The van der Waals surface area contributed by atoms with Crippen molar-refractivity contribution in [1.29, 1.82) is 0 Å². The van der Waals surface area contributed by atoms with Gasteiger partial charge in [-0.05, 0) is 53.2 Å². The molecule has 0 aliphatic carbocycles. The predicted octanol–water partition coefficient (Wildman–Crippen LogP) is 7.23. The summed E-state index contributed by atoms with van der Waals surface area (Å²) in [5.41, 5.74) is 3.73. The molecule has 164 valence electrons.